The van der Waals surface area contributed by atoms with Crippen LogP contribution in [0.5, 0.6) is 0 Å². The molecule has 2 heterocycles. The van der Waals surface area contributed by atoms with Crippen LogP contribution in [0.25, 0.3) is 27.7 Å². The monoisotopic (exact) mass is 487 g/mol. The Balaban J connectivity index is 1.55. The summed E-state index contributed by atoms with van der Waals surface area (Å²) in [6, 6.07) is 21.6. The zero-order valence-corrected chi connectivity index (χ0v) is 20.4. The predicted octanol–water partition coefficient (Wildman–Crippen LogP) is 8.72. The first-order valence-corrected chi connectivity index (χ1v) is 12.2. The fraction of sp³-hybridized carbons (Fsp3) is 0.207. The van der Waals surface area contributed by atoms with Gasteiger partial charge in [-0.2, -0.15) is 0 Å². The van der Waals surface area contributed by atoms with E-state index in [1.807, 2.05) is 24.3 Å². The number of nitrogens with one attached hydrogen (secondary N) is 1. The minimum absolute atomic E-state index is 0.137. The maximum absolute atomic E-state index is 13.4. The van der Waals surface area contributed by atoms with E-state index < -0.39 is 0 Å². The van der Waals surface area contributed by atoms with Crippen LogP contribution in [-0.4, -0.2) is 5.78 Å². The van der Waals surface area contributed by atoms with E-state index in [4.69, 9.17) is 27.6 Å². The highest BCUT2D eigenvalue weighted by molar-refractivity contribution is 6.42. The summed E-state index contributed by atoms with van der Waals surface area (Å²) in [5.74, 6) is 1.57. The Bertz CT molecular complexity index is 1510. The standard InChI is InChI=1S/C29H23Cl2NO2/c1-29(2)14-13-22(33)26-27(29)25-18-6-4-3-5-16(18)8-10-21(25)32-28(26)24-12-11-23(34-24)17-7-9-19(30)20(31)15-17/h3-12,15,28,32H,13-14H2,1-2H3. The Morgan fingerprint density at radius 3 is 2.62 bits per heavy atom. The average molecular weight is 488 g/mol. The molecule has 0 saturated carbocycles. The molecule has 1 aliphatic heterocycles. The van der Waals surface area contributed by atoms with Gasteiger partial charge in [0, 0.05) is 28.8 Å². The van der Waals surface area contributed by atoms with Crippen molar-refractivity contribution in [2.24, 2.45) is 5.41 Å². The van der Waals surface area contributed by atoms with Crippen LogP contribution < -0.4 is 5.32 Å². The number of rotatable bonds is 2. The molecule has 6 rings (SSSR count). The quantitative estimate of drug-likeness (QED) is 0.307. The SMILES string of the molecule is CC1(C)CCC(=O)C2=C1c1c(ccc3ccccc13)NC2c1ccc(-c2ccc(Cl)c(Cl)c2)o1. The summed E-state index contributed by atoms with van der Waals surface area (Å²) >= 11 is 12.3. The van der Waals surface area contributed by atoms with Crippen LogP contribution in [0.4, 0.5) is 5.69 Å². The Morgan fingerprint density at radius 1 is 0.971 bits per heavy atom. The van der Waals surface area contributed by atoms with Gasteiger partial charge in [-0.25, -0.2) is 0 Å². The van der Waals surface area contributed by atoms with E-state index in [2.05, 4.69) is 49.5 Å². The third-order valence-electron chi connectivity index (χ3n) is 7.11. The van der Waals surface area contributed by atoms with Crippen molar-refractivity contribution in [3.05, 3.63) is 93.7 Å². The Labute approximate surface area is 208 Å². The highest BCUT2D eigenvalue weighted by atomic mass is 35.5. The molecule has 1 aliphatic carbocycles. The van der Waals surface area contributed by atoms with Gasteiger partial charge in [-0.3, -0.25) is 4.79 Å². The lowest BCUT2D eigenvalue weighted by molar-refractivity contribution is -0.116. The molecule has 1 aromatic heterocycles. The lowest BCUT2D eigenvalue weighted by atomic mass is 9.65. The molecular formula is C29H23Cl2NO2. The maximum atomic E-state index is 13.4. The van der Waals surface area contributed by atoms with Crippen molar-refractivity contribution in [3.63, 3.8) is 0 Å². The van der Waals surface area contributed by atoms with Gasteiger partial charge in [-0.15, -0.1) is 0 Å². The van der Waals surface area contributed by atoms with Gasteiger partial charge in [0.15, 0.2) is 5.78 Å². The molecule has 2 aliphatic rings. The highest BCUT2D eigenvalue weighted by Gasteiger charge is 2.43. The number of Topliss-reactive ketones (excluding diaryl/α,β-unsaturated/α-hetero) is 1. The summed E-state index contributed by atoms with van der Waals surface area (Å²) in [4.78, 5) is 13.4. The number of furan rings is 1. The normalized spacial score (nSPS) is 19.1. The molecule has 0 spiro atoms. The van der Waals surface area contributed by atoms with E-state index in [0.717, 1.165) is 39.8 Å². The first-order chi connectivity index (χ1) is 16.3. The van der Waals surface area contributed by atoms with Gasteiger partial charge in [0.25, 0.3) is 0 Å². The van der Waals surface area contributed by atoms with Crippen molar-refractivity contribution < 1.29 is 9.21 Å². The molecule has 1 atom stereocenters. The predicted molar refractivity (Wildman–Crippen MR) is 139 cm³/mol. The fourth-order valence-corrected chi connectivity index (χ4v) is 5.68. The second-order valence-electron chi connectivity index (χ2n) is 9.71. The zero-order chi connectivity index (χ0) is 23.6. The summed E-state index contributed by atoms with van der Waals surface area (Å²) in [6.07, 6.45) is 1.36. The van der Waals surface area contributed by atoms with Crippen LogP contribution in [-0.2, 0) is 4.79 Å². The van der Waals surface area contributed by atoms with Crippen LogP contribution in [0.15, 0.2) is 76.7 Å². The first kappa shape index (κ1) is 21.5. The second-order valence-corrected chi connectivity index (χ2v) is 10.5. The number of allylic oxidation sites excluding steroid dienone is 1. The number of carbonyl (C=O) groups is 1. The largest absolute Gasteiger partial charge is 0.459 e. The van der Waals surface area contributed by atoms with E-state index in [0.29, 0.717) is 28.0 Å². The van der Waals surface area contributed by atoms with Crippen LogP contribution in [0, 0.1) is 5.41 Å². The fourth-order valence-electron chi connectivity index (χ4n) is 5.38. The molecule has 0 amide bonds. The first-order valence-electron chi connectivity index (χ1n) is 11.5. The van der Waals surface area contributed by atoms with E-state index in [1.54, 1.807) is 12.1 Å². The Hall–Kier alpha value is -3.01. The van der Waals surface area contributed by atoms with Crippen LogP contribution >= 0.6 is 23.2 Å². The molecule has 170 valence electrons. The molecule has 1 unspecified atom stereocenters. The number of benzene rings is 3. The van der Waals surface area contributed by atoms with Gasteiger partial charge in [-0.1, -0.05) is 67.4 Å². The van der Waals surface area contributed by atoms with Gasteiger partial charge in [-0.05, 0) is 64.6 Å². The molecule has 0 radical (unpaired) electrons. The van der Waals surface area contributed by atoms with Gasteiger partial charge in [0.2, 0.25) is 0 Å². The van der Waals surface area contributed by atoms with Crippen LogP contribution in [0.3, 0.4) is 0 Å². The third-order valence-corrected chi connectivity index (χ3v) is 7.85. The minimum Gasteiger partial charge on any atom is -0.459 e. The highest BCUT2D eigenvalue weighted by Crippen LogP contribution is 2.55. The summed E-state index contributed by atoms with van der Waals surface area (Å²) in [5, 5.41) is 6.95. The minimum atomic E-state index is -0.354. The van der Waals surface area contributed by atoms with E-state index in [9.17, 15) is 4.79 Å². The molecule has 0 bridgehead atoms. The number of halogens is 2. The molecule has 0 fully saturated rings. The molecule has 4 aromatic rings. The Morgan fingerprint density at radius 2 is 1.79 bits per heavy atom. The summed E-state index contributed by atoms with van der Waals surface area (Å²) in [7, 11) is 0. The number of hydrogen-bond acceptors (Lipinski definition) is 3. The van der Waals surface area contributed by atoms with Crippen LogP contribution in [0.2, 0.25) is 10.0 Å². The van der Waals surface area contributed by atoms with Gasteiger partial charge in [0.05, 0.1) is 10.0 Å². The van der Waals surface area contributed by atoms with Gasteiger partial charge in [0.1, 0.15) is 17.6 Å². The van der Waals surface area contributed by atoms with Crippen molar-refractivity contribution in [3.8, 4) is 11.3 Å². The Kier molecular flexibility index (Phi) is 4.91. The smallest absolute Gasteiger partial charge is 0.161 e. The van der Waals surface area contributed by atoms with E-state index >= 15 is 0 Å². The third kappa shape index (κ3) is 3.30. The number of carbonyl (C=O) groups excluding carboxylic acids is 1. The lowest BCUT2D eigenvalue weighted by Gasteiger charge is -2.41. The molecule has 3 nitrogen and oxygen atoms in total. The number of anilines is 1. The summed E-state index contributed by atoms with van der Waals surface area (Å²) < 4.78 is 6.32. The molecule has 3 aromatic carbocycles. The maximum Gasteiger partial charge on any atom is 0.161 e. The topological polar surface area (TPSA) is 42.2 Å². The number of hydrogen-bond donors (Lipinski definition) is 1. The van der Waals surface area contributed by atoms with E-state index in [-0.39, 0.29) is 17.2 Å². The zero-order valence-electron chi connectivity index (χ0n) is 18.9. The van der Waals surface area contributed by atoms with Crippen LogP contribution in [0.1, 0.15) is 44.1 Å². The average Bonchev–Trinajstić information content (AvgIpc) is 3.32. The number of ketones is 1. The molecule has 0 saturated heterocycles. The second kappa shape index (κ2) is 7.76. The molecular weight excluding hydrogens is 465 g/mol. The number of fused-ring (bicyclic) bond motifs is 4. The van der Waals surface area contributed by atoms with Crippen molar-refractivity contribution >= 4 is 51.0 Å². The summed E-state index contributed by atoms with van der Waals surface area (Å²) in [6.45, 7) is 4.48. The van der Waals surface area contributed by atoms with Crippen molar-refractivity contribution in [1.29, 1.82) is 0 Å². The van der Waals surface area contributed by atoms with Crippen molar-refractivity contribution in [2.75, 3.05) is 5.32 Å². The van der Waals surface area contributed by atoms with Gasteiger partial charge < -0.3 is 9.73 Å². The molecule has 34 heavy (non-hydrogen) atoms. The lowest BCUT2D eigenvalue weighted by Crippen LogP contribution is -2.33. The van der Waals surface area contributed by atoms with Gasteiger partial charge >= 0.3 is 0 Å². The van der Waals surface area contributed by atoms with E-state index in [1.165, 1.54) is 5.39 Å². The molecule has 5 heteroatoms. The van der Waals surface area contributed by atoms with Crippen molar-refractivity contribution in [2.45, 2.75) is 32.7 Å². The van der Waals surface area contributed by atoms with Crippen molar-refractivity contribution in [1.82, 2.24) is 0 Å². The molecule has 1 N–H and O–H groups in total. The summed E-state index contributed by atoms with van der Waals surface area (Å²) in [5.41, 5.74) is 4.81.